The van der Waals surface area contributed by atoms with Gasteiger partial charge in [-0.05, 0) is 23.3 Å². The minimum atomic E-state index is -0.397. The van der Waals surface area contributed by atoms with Gasteiger partial charge in [0, 0.05) is 24.6 Å². The molecule has 0 unspecified atom stereocenters. The molecule has 0 aromatic heterocycles. The van der Waals surface area contributed by atoms with E-state index in [-0.39, 0.29) is 11.9 Å². The van der Waals surface area contributed by atoms with E-state index in [1.807, 2.05) is 12.1 Å². The summed E-state index contributed by atoms with van der Waals surface area (Å²) in [6.45, 7) is 0. The first kappa shape index (κ1) is 11.1. The van der Waals surface area contributed by atoms with Gasteiger partial charge in [0.1, 0.15) is 6.10 Å². The van der Waals surface area contributed by atoms with Crippen LogP contribution in [0, 0.1) is 5.82 Å². The first-order valence-corrected chi connectivity index (χ1v) is 6.01. The summed E-state index contributed by atoms with van der Waals surface area (Å²) in [6.07, 6.45) is 1.68. The lowest BCUT2D eigenvalue weighted by Gasteiger charge is -2.13. The van der Waals surface area contributed by atoms with Crippen molar-refractivity contribution in [3.05, 3.63) is 59.4 Å². The molecule has 0 bridgehead atoms. The molecule has 2 nitrogen and oxygen atoms in total. The quantitative estimate of drug-likeness (QED) is 0.823. The van der Waals surface area contributed by atoms with Crippen molar-refractivity contribution in [1.29, 1.82) is 0 Å². The molecule has 0 fully saturated rings. The number of nitrogens with two attached hydrogens (primary N) is 1. The van der Waals surface area contributed by atoms with Crippen molar-refractivity contribution in [2.45, 2.75) is 18.9 Å². The molecule has 0 aliphatic heterocycles. The van der Waals surface area contributed by atoms with Gasteiger partial charge in [0.2, 0.25) is 0 Å². The second-order valence-electron chi connectivity index (χ2n) is 4.61. The van der Waals surface area contributed by atoms with Crippen LogP contribution in [0.4, 0.5) is 10.1 Å². The predicted octanol–water partition coefficient (Wildman–Crippen LogP) is 2.95. The third-order valence-corrected chi connectivity index (χ3v) is 3.26. The van der Waals surface area contributed by atoms with E-state index < -0.39 is 5.82 Å². The molecular formula is C15H14FNO. The van der Waals surface area contributed by atoms with Crippen molar-refractivity contribution in [1.82, 2.24) is 0 Å². The van der Waals surface area contributed by atoms with E-state index in [4.69, 9.17) is 10.5 Å². The molecule has 0 spiro atoms. The van der Waals surface area contributed by atoms with Gasteiger partial charge in [0.15, 0.2) is 11.6 Å². The van der Waals surface area contributed by atoms with Gasteiger partial charge in [0.05, 0.1) is 0 Å². The molecule has 0 amide bonds. The number of ether oxygens (including phenoxy) is 1. The van der Waals surface area contributed by atoms with Crippen LogP contribution in [-0.4, -0.2) is 6.10 Å². The highest BCUT2D eigenvalue weighted by Gasteiger charge is 2.23. The monoisotopic (exact) mass is 243 g/mol. The Labute approximate surface area is 105 Å². The normalized spacial score (nSPS) is 14.5. The Balaban J connectivity index is 1.76. The summed E-state index contributed by atoms with van der Waals surface area (Å²) in [5, 5.41) is 0. The zero-order valence-electron chi connectivity index (χ0n) is 9.90. The van der Waals surface area contributed by atoms with Gasteiger partial charge in [0.25, 0.3) is 0 Å². The summed E-state index contributed by atoms with van der Waals surface area (Å²) in [7, 11) is 0. The Bertz CT molecular complexity index is 557. The van der Waals surface area contributed by atoms with Gasteiger partial charge in [-0.25, -0.2) is 4.39 Å². The molecule has 3 rings (SSSR count). The molecule has 0 saturated heterocycles. The van der Waals surface area contributed by atoms with Crippen molar-refractivity contribution in [2.24, 2.45) is 0 Å². The summed E-state index contributed by atoms with van der Waals surface area (Å²) in [5.74, 6) is -0.118. The molecule has 3 heteroatoms. The fourth-order valence-corrected chi connectivity index (χ4v) is 2.39. The van der Waals surface area contributed by atoms with E-state index in [9.17, 15) is 4.39 Å². The Morgan fingerprint density at radius 3 is 2.33 bits per heavy atom. The number of benzene rings is 2. The second-order valence-corrected chi connectivity index (χ2v) is 4.61. The highest BCUT2D eigenvalue weighted by molar-refractivity contribution is 5.43. The fourth-order valence-electron chi connectivity index (χ4n) is 2.39. The first-order chi connectivity index (χ1) is 8.72. The Morgan fingerprint density at radius 1 is 1.06 bits per heavy atom. The third kappa shape index (κ3) is 2.04. The minimum absolute atomic E-state index is 0.0144. The summed E-state index contributed by atoms with van der Waals surface area (Å²) >= 11 is 0. The van der Waals surface area contributed by atoms with Crippen LogP contribution >= 0.6 is 0 Å². The Hall–Kier alpha value is -2.03. The highest BCUT2D eigenvalue weighted by Crippen LogP contribution is 2.27. The van der Waals surface area contributed by atoms with Gasteiger partial charge in [-0.1, -0.05) is 24.3 Å². The van der Waals surface area contributed by atoms with Gasteiger partial charge in [-0.2, -0.15) is 0 Å². The Kier molecular flexibility index (Phi) is 2.67. The maximum Gasteiger partial charge on any atom is 0.167 e. The lowest BCUT2D eigenvalue weighted by atomic mass is 10.1. The fraction of sp³-hybridized carbons (Fsp3) is 0.200. The molecular weight excluding hydrogens is 229 g/mol. The third-order valence-electron chi connectivity index (χ3n) is 3.26. The zero-order chi connectivity index (χ0) is 12.5. The van der Waals surface area contributed by atoms with Crippen LogP contribution < -0.4 is 10.5 Å². The molecule has 0 saturated carbocycles. The predicted molar refractivity (Wildman–Crippen MR) is 69.1 cm³/mol. The van der Waals surface area contributed by atoms with Gasteiger partial charge >= 0.3 is 0 Å². The zero-order valence-corrected chi connectivity index (χ0v) is 9.90. The lowest BCUT2D eigenvalue weighted by molar-refractivity contribution is 0.204. The summed E-state index contributed by atoms with van der Waals surface area (Å²) in [4.78, 5) is 0. The molecule has 1 aliphatic rings. The lowest BCUT2D eigenvalue weighted by Crippen LogP contribution is -2.17. The molecule has 2 aromatic rings. The molecule has 0 heterocycles. The number of fused-ring (bicyclic) bond motifs is 1. The molecule has 18 heavy (non-hydrogen) atoms. The van der Waals surface area contributed by atoms with Crippen LogP contribution in [0.25, 0.3) is 0 Å². The SMILES string of the molecule is Nc1ccc(OC2Cc3ccccc3C2)c(F)c1. The number of halogens is 1. The molecule has 2 aromatic carbocycles. The van der Waals surface area contributed by atoms with Crippen LogP contribution in [0.5, 0.6) is 5.75 Å². The number of hydrogen-bond donors (Lipinski definition) is 1. The first-order valence-electron chi connectivity index (χ1n) is 6.01. The highest BCUT2D eigenvalue weighted by atomic mass is 19.1. The maximum absolute atomic E-state index is 13.6. The molecule has 0 atom stereocenters. The molecule has 92 valence electrons. The topological polar surface area (TPSA) is 35.2 Å². The summed E-state index contributed by atoms with van der Waals surface area (Å²) in [6, 6.07) is 12.8. The van der Waals surface area contributed by atoms with Gasteiger partial charge in [-0.3, -0.25) is 0 Å². The van der Waals surface area contributed by atoms with Crippen molar-refractivity contribution in [3.63, 3.8) is 0 Å². The average molecular weight is 243 g/mol. The van der Waals surface area contributed by atoms with Crippen molar-refractivity contribution in [2.75, 3.05) is 5.73 Å². The van der Waals surface area contributed by atoms with E-state index in [1.54, 1.807) is 12.1 Å². The van der Waals surface area contributed by atoms with E-state index in [0.717, 1.165) is 12.8 Å². The van der Waals surface area contributed by atoms with Crippen molar-refractivity contribution >= 4 is 5.69 Å². The largest absolute Gasteiger partial charge is 0.487 e. The van der Waals surface area contributed by atoms with E-state index in [2.05, 4.69) is 12.1 Å². The second kappa shape index (κ2) is 4.33. The van der Waals surface area contributed by atoms with Crippen molar-refractivity contribution < 1.29 is 9.13 Å². The standard InChI is InChI=1S/C15H14FNO/c16-14-9-12(17)5-6-15(14)18-13-7-10-3-1-2-4-11(10)8-13/h1-6,9,13H,7-8,17H2. The maximum atomic E-state index is 13.6. The van der Waals surface area contributed by atoms with Crippen molar-refractivity contribution in [3.8, 4) is 5.75 Å². The Morgan fingerprint density at radius 2 is 1.72 bits per heavy atom. The molecule has 0 radical (unpaired) electrons. The summed E-state index contributed by atoms with van der Waals surface area (Å²) in [5.41, 5.74) is 8.50. The van der Waals surface area contributed by atoms with Crippen LogP contribution in [-0.2, 0) is 12.8 Å². The number of rotatable bonds is 2. The van der Waals surface area contributed by atoms with Crippen LogP contribution in [0.2, 0.25) is 0 Å². The minimum Gasteiger partial charge on any atom is -0.487 e. The smallest absolute Gasteiger partial charge is 0.167 e. The molecule has 2 N–H and O–H groups in total. The van der Waals surface area contributed by atoms with E-state index in [0.29, 0.717) is 5.69 Å². The van der Waals surface area contributed by atoms with Gasteiger partial charge < -0.3 is 10.5 Å². The number of nitrogen functional groups attached to an aromatic ring is 1. The average Bonchev–Trinajstić information content (AvgIpc) is 2.75. The van der Waals surface area contributed by atoms with E-state index >= 15 is 0 Å². The number of hydrogen-bond acceptors (Lipinski definition) is 2. The number of anilines is 1. The molecule has 1 aliphatic carbocycles. The van der Waals surface area contributed by atoms with E-state index in [1.165, 1.54) is 17.2 Å². The van der Waals surface area contributed by atoms with Crippen LogP contribution in [0.3, 0.4) is 0 Å². The van der Waals surface area contributed by atoms with Crippen LogP contribution in [0.1, 0.15) is 11.1 Å². The van der Waals surface area contributed by atoms with Gasteiger partial charge in [-0.15, -0.1) is 0 Å². The van der Waals surface area contributed by atoms with Crippen LogP contribution in [0.15, 0.2) is 42.5 Å². The summed E-state index contributed by atoms with van der Waals surface area (Å²) < 4.78 is 19.3.